The summed E-state index contributed by atoms with van der Waals surface area (Å²) in [5, 5.41) is 10.3. The van der Waals surface area contributed by atoms with Crippen LogP contribution in [0.2, 0.25) is 0 Å². The second kappa shape index (κ2) is 9.77. The number of nitrogens with zero attached hydrogens (tertiary/aromatic N) is 3. The molecule has 6 nitrogen and oxygen atoms in total. The van der Waals surface area contributed by atoms with Crippen LogP contribution in [0, 0.1) is 4.77 Å². The maximum atomic E-state index is 11.7. The topological polar surface area (TPSA) is 72.3 Å². The van der Waals surface area contributed by atoms with E-state index in [1.165, 1.54) is 25.7 Å². The lowest BCUT2D eigenvalue weighted by Crippen LogP contribution is -2.18. The molecule has 0 fully saturated rings. The third-order valence-corrected chi connectivity index (χ3v) is 3.74. The van der Waals surface area contributed by atoms with Crippen molar-refractivity contribution in [2.75, 3.05) is 6.61 Å². The first-order chi connectivity index (χ1) is 11.7. The SMILES string of the molecule is CCCCCCCOc1ccccc1/C=N\n1c(=O)cn[nH]c1=S. The van der Waals surface area contributed by atoms with E-state index >= 15 is 0 Å². The highest BCUT2D eigenvalue weighted by molar-refractivity contribution is 7.71. The predicted molar refractivity (Wildman–Crippen MR) is 97.4 cm³/mol. The molecular formula is C17H22N4O2S. The minimum Gasteiger partial charge on any atom is -0.493 e. The number of hydrogen-bond donors (Lipinski definition) is 1. The van der Waals surface area contributed by atoms with E-state index in [-0.39, 0.29) is 10.3 Å². The van der Waals surface area contributed by atoms with Gasteiger partial charge in [-0.2, -0.15) is 14.9 Å². The average Bonchev–Trinajstić information content (AvgIpc) is 2.58. The van der Waals surface area contributed by atoms with Crippen LogP contribution in [-0.4, -0.2) is 27.7 Å². The van der Waals surface area contributed by atoms with E-state index in [0.717, 1.165) is 28.6 Å². The molecule has 24 heavy (non-hydrogen) atoms. The summed E-state index contributed by atoms with van der Waals surface area (Å²) in [6, 6.07) is 7.58. The fourth-order valence-electron chi connectivity index (χ4n) is 2.18. The summed E-state index contributed by atoms with van der Waals surface area (Å²) in [5.74, 6) is 0.744. The minimum atomic E-state index is -0.385. The molecule has 1 heterocycles. The van der Waals surface area contributed by atoms with Crippen molar-refractivity contribution < 1.29 is 4.74 Å². The van der Waals surface area contributed by atoms with Gasteiger partial charge < -0.3 is 4.74 Å². The number of unbranched alkanes of at least 4 members (excludes halogenated alkanes) is 4. The lowest BCUT2D eigenvalue weighted by Gasteiger charge is -2.08. The molecule has 1 aromatic heterocycles. The highest BCUT2D eigenvalue weighted by atomic mass is 32.1. The Kier molecular flexibility index (Phi) is 7.35. The Labute approximate surface area is 146 Å². The second-order valence-electron chi connectivity index (χ2n) is 5.37. The number of nitrogens with one attached hydrogen (secondary N) is 1. The number of para-hydroxylation sites is 1. The number of hydrogen-bond acceptors (Lipinski definition) is 5. The lowest BCUT2D eigenvalue weighted by molar-refractivity contribution is 0.304. The van der Waals surface area contributed by atoms with Crippen LogP contribution in [0.1, 0.15) is 44.6 Å². The van der Waals surface area contributed by atoms with Crippen LogP contribution < -0.4 is 10.3 Å². The number of H-pyrrole nitrogens is 1. The van der Waals surface area contributed by atoms with Crippen molar-refractivity contribution in [3.8, 4) is 5.75 Å². The first-order valence-electron chi connectivity index (χ1n) is 8.15. The third kappa shape index (κ3) is 5.42. The van der Waals surface area contributed by atoms with Gasteiger partial charge in [-0.05, 0) is 30.8 Å². The van der Waals surface area contributed by atoms with Gasteiger partial charge in [0.15, 0.2) is 0 Å². The molecule has 128 valence electrons. The first-order valence-corrected chi connectivity index (χ1v) is 8.56. The Balaban J connectivity index is 2.02. The summed E-state index contributed by atoms with van der Waals surface area (Å²) in [6.07, 6.45) is 8.64. The largest absolute Gasteiger partial charge is 0.493 e. The molecule has 0 atom stereocenters. The zero-order valence-electron chi connectivity index (χ0n) is 13.8. The molecule has 0 aliphatic heterocycles. The maximum Gasteiger partial charge on any atom is 0.293 e. The summed E-state index contributed by atoms with van der Waals surface area (Å²) < 4.78 is 7.07. The molecule has 0 bridgehead atoms. The van der Waals surface area contributed by atoms with Crippen molar-refractivity contribution >= 4 is 18.4 Å². The van der Waals surface area contributed by atoms with Crippen LogP contribution in [0.25, 0.3) is 0 Å². The fourth-order valence-corrected chi connectivity index (χ4v) is 2.37. The number of aromatic amines is 1. The van der Waals surface area contributed by atoms with E-state index in [1.807, 2.05) is 24.3 Å². The first kappa shape index (κ1) is 18.1. The Morgan fingerprint density at radius 2 is 2.08 bits per heavy atom. The van der Waals surface area contributed by atoms with Crippen LogP contribution in [0.3, 0.4) is 0 Å². The van der Waals surface area contributed by atoms with Gasteiger partial charge >= 0.3 is 0 Å². The van der Waals surface area contributed by atoms with E-state index in [9.17, 15) is 4.79 Å². The van der Waals surface area contributed by atoms with E-state index in [4.69, 9.17) is 17.0 Å². The molecule has 0 aliphatic rings. The van der Waals surface area contributed by atoms with Crippen molar-refractivity contribution in [2.45, 2.75) is 39.0 Å². The van der Waals surface area contributed by atoms with Crippen LogP contribution in [-0.2, 0) is 0 Å². The van der Waals surface area contributed by atoms with Crippen LogP contribution >= 0.6 is 12.2 Å². The third-order valence-electron chi connectivity index (χ3n) is 3.47. The van der Waals surface area contributed by atoms with Gasteiger partial charge in [-0.3, -0.25) is 9.89 Å². The monoisotopic (exact) mass is 346 g/mol. The quantitative estimate of drug-likeness (QED) is 0.428. The molecule has 2 aromatic rings. The highest BCUT2D eigenvalue weighted by Gasteiger charge is 2.01. The second-order valence-corrected chi connectivity index (χ2v) is 5.76. The van der Waals surface area contributed by atoms with Gasteiger partial charge in [0.2, 0.25) is 4.77 Å². The Hall–Kier alpha value is -2.28. The smallest absolute Gasteiger partial charge is 0.293 e. The van der Waals surface area contributed by atoms with E-state index in [1.54, 1.807) is 6.21 Å². The molecule has 0 unspecified atom stereocenters. The molecule has 0 radical (unpaired) electrons. The molecule has 0 saturated heterocycles. The summed E-state index contributed by atoms with van der Waals surface area (Å²) in [4.78, 5) is 11.7. The van der Waals surface area contributed by atoms with Gasteiger partial charge in [0.1, 0.15) is 11.9 Å². The summed E-state index contributed by atoms with van der Waals surface area (Å²) in [7, 11) is 0. The van der Waals surface area contributed by atoms with Gasteiger partial charge in [0.05, 0.1) is 12.8 Å². The summed E-state index contributed by atoms with van der Waals surface area (Å²) in [6.45, 7) is 2.87. The minimum absolute atomic E-state index is 0.146. The highest BCUT2D eigenvalue weighted by Crippen LogP contribution is 2.16. The van der Waals surface area contributed by atoms with Crippen LogP contribution in [0.5, 0.6) is 5.75 Å². The molecule has 0 saturated carbocycles. The van der Waals surface area contributed by atoms with Crippen LogP contribution in [0.15, 0.2) is 40.4 Å². The molecule has 2 rings (SSSR count). The van der Waals surface area contributed by atoms with Crippen molar-refractivity contribution in [3.63, 3.8) is 0 Å². The van der Waals surface area contributed by atoms with E-state index < -0.39 is 0 Å². The molecule has 1 aromatic carbocycles. The Morgan fingerprint density at radius 3 is 2.88 bits per heavy atom. The van der Waals surface area contributed by atoms with E-state index in [0.29, 0.717) is 6.61 Å². The van der Waals surface area contributed by atoms with Crippen molar-refractivity contribution in [1.82, 2.24) is 14.9 Å². The Bertz CT molecular complexity index is 754. The van der Waals surface area contributed by atoms with Gasteiger partial charge in [0.25, 0.3) is 5.56 Å². The van der Waals surface area contributed by atoms with Gasteiger partial charge in [-0.25, -0.2) is 0 Å². The number of benzene rings is 1. The molecular weight excluding hydrogens is 324 g/mol. The van der Waals surface area contributed by atoms with Gasteiger partial charge in [-0.15, -0.1) is 0 Å². The summed E-state index contributed by atoms with van der Waals surface area (Å²) >= 11 is 5.01. The lowest BCUT2D eigenvalue weighted by atomic mass is 10.2. The predicted octanol–water partition coefficient (Wildman–Crippen LogP) is 3.53. The van der Waals surface area contributed by atoms with Crippen molar-refractivity contribution in [3.05, 3.63) is 51.2 Å². The van der Waals surface area contributed by atoms with Crippen molar-refractivity contribution in [1.29, 1.82) is 0 Å². The van der Waals surface area contributed by atoms with E-state index in [2.05, 4.69) is 22.2 Å². The maximum absolute atomic E-state index is 11.7. The summed E-state index contributed by atoms with van der Waals surface area (Å²) in [5.41, 5.74) is 0.411. The molecule has 0 spiro atoms. The van der Waals surface area contributed by atoms with Crippen LogP contribution in [0.4, 0.5) is 0 Å². The zero-order valence-corrected chi connectivity index (χ0v) is 14.6. The Morgan fingerprint density at radius 1 is 1.29 bits per heavy atom. The zero-order chi connectivity index (χ0) is 17.2. The number of rotatable bonds is 9. The van der Waals surface area contributed by atoms with Crippen molar-refractivity contribution in [2.24, 2.45) is 5.10 Å². The molecule has 0 amide bonds. The number of ether oxygens (including phenoxy) is 1. The molecule has 1 N–H and O–H groups in total. The fraction of sp³-hybridized carbons (Fsp3) is 0.412. The normalized spacial score (nSPS) is 11.0. The molecule has 7 heteroatoms. The number of aromatic nitrogens is 3. The standard InChI is InChI=1S/C17H22N4O2S/c1-2-3-4-5-8-11-23-15-10-7-6-9-14(15)12-19-21-16(22)13-18-20-17(21)24/h6-7,9-10,12-13H,2-5,8,11H2,1H3,(H,20,24)/b19-12-. The van der Waals surface area contributed by atoms with Gasteiger partial charge in [-0.1, -0.05) is 44.7 Å². The van der Waals surface area contributed by atoms with Gasteiger partial charge in [0, 0.05) is 5.56 Å². The average molecular weight is 346 g/mol. The molecule has 0 aliphatic carbocycles.